The first kappa shape index (κ1) is 9.68. The quantitative estimate of drug-likeness (QED) is 0.381. The van der Waals surface area contributed by atoms with E-state index < -0.39 is 0 Å². The summed E-state index contributed by atoms with van der Waals surface area (Å²) in [5.41, 5.74) is 0. The molecule has 2 aliphatic rings. The molecule has 2 rings (SSSR count). The summed E-state index contributed by atoms with van der Waals surface area (Å²) in [5.74, 6) is 0.955. The second kappa shape index (κ2) is 4.58. The van der Waals surface area contributed by atoms with Crippen molar-refractivity contribution in [1.29, 1.82) is 0 Å². The highest BCUT2D eigenvalue weighted by atomic mass is 28.2. The molecule has 3 unspecified atom stereocenters. The monoisotopic (exact) mass is 200 g/mol. The molecule has 1 heterocycles. The summed E-state index contributed by atoms with van der Waals surface area (Å²) in [6, 6.07) is 1.37. The lowest BCUT2D eigenvalue weighted by molar-refractivity contribution is 0.341. The van der Waals surface area contributed by atoms with Crippen LogP contribution in [-0.2, 0) is 9.16 Å². The molecule has 0 aromatic carbocycles. The Morgan fingerprint density at radius 2 is 2.31 bits per heavy atom. The topological polar surface area (TPSA) is 21.8 Å². The van der Waals surface area contributed by atoms with Gasteiger partial charge in [0.1, 0.15) is 0 Å². The Labute approximate surface area is 82.9 Å². The van der Waals surface area contributed by atoms with Gasteiger partial charge in [-0.15, -0.1) is 0 Å². The molecule has 1 aliphatic heterocycles. The summed E-state index contributed by atoms with van der Waals surface area (Å²) < 4.78 is 11.0. The average molecular weight is 200 g/mol. The number of rotatable bonds is 5. The zero-order valence-corrected chi connectivity index (χ0v) is 9.91. The maximum atomic E-state index is 5.52. The van der Waals surface area contributed by atoms with Crippen molar-refractivity contribution < 1.29 is 9.16 Å². The van der Waals surface area contributed by atoms with Crippen LogP contribution in [0.25, 0.3) is 0 Å². The van der Waals surface area contributed by atoms with E-state index in [9.17, 15) is 0 Å². The van der Waals surface area contributed by atoms with Crippen LogP contribution < -0.4 is 0 Å². The molecule has 3 atom stereocenters. The molecule has 2 nitrogen and oxygen atoms in total. The van der Waals surface area contributed by atoms with Gasteiger partial charge < -0.3 is 9.16 Å². The van der Waals surface area contributed by atoms with Gasteiger partial charge >= 0.3 is 0 Å². The van der Waals surface area contributed by atoms with Gasteiger partial charge in [-0.25, -0.2) is 0 Å². The number of hydrogen-bond acceptors (Lipinski definition) is 2. The van der Waals surface area contributed by atoms with Gasteiger partial charge in [-0.2, -0.15) is 0 Å². The Kier molecular flexibility index (Phi) is 3.41. The minimum Gasteiger partial charge on any atom is -0.424 e. The third-order valence-corrected chi connectivity index (χ3v) is 4.61. The molecule has 1 saturated carbocycles. The Balaban J connectivity index is 1.54. The highest BCUT2D eigenvalue weighted by molar-refractivity contribution is 6.26. The van der Waals surface area contributed by atoms with Crippen LogP contribution in [0.1, 0.15) is 32.6 Å². The maximum absolute atomic E-state index is 5.52. The zero-order chi connectivity index (χ0) is 9.10. The van der Waals surface area contributed by atoms with Crippen LogP contribution in [0.5, 0.6) is 0 Å². The van der Waals surface area contributed by atoms with Crippen LogP contribution in [-0.4, -0.2) is 28.6 Å². The predicted molar refractivity (Wildman–Crippen MR) is 55.6 cm³/mol. The average Bonchev–Trinajstić information content (AvgIpc) is 2.90. The first-order valence-corrected chi connectivity index (χ1v) is 7.21. The van der Waals surface area contributed by atoms with Crippen molar-refractivity contribution in [2.24, 2.45) is 5.92 Å². The van der Waals surface area contributed by atoms with Crippen molar-refractivity contribution in [1.82, 2.24) is 0 Å². The summed E-state index contributed by atoms with van der Waals surface area (Å²) in [7, 11) is -0.178. The number of epoxide rings is 1. The van der Waals surface area contributed by atoms with Gasteiger partial charge in [0.2, 0.25) is 0 Å². The van der Waals surface area contributed by atoms with E-state index in [0.717, 1.165) is 12.5 Å². The van der Waals surface area contributed by atoms with E-state index in [0.29, 0.717) is 12.2 Å². The highest BCUT2D eigenvalue weighted by Gasteiger charge is 2.43. The van der Waals surface area contributed by atoms with Gasteiger partial charge in [0, 0.05) is 6.61 Å². The third kappa shape index (κ3) is 2.79. The largest absolute Gasteiger partial charge is 0.424 e. The molecular formula is C10H20O2Si. The molecule has 3 heteroatoms. The van der Waals surface area contributed by atoms with E-state index in [1.54, 1.807) is 0 Å². The first-order chi connectivity index (χ1) is 6.40. The van der Waals surface area contributed by atoms with E-state index in [1.165, 1.54) is 31.7 Å². The minimum atomic E-state index is -0.178. The minimum absolute atomic E-state index is 0.178. The highest BCUT2D eigenvalue weighted by Crippen LogP contribution is 2.40. The fraction of sp³-hybridized carbons (Fsp3) is 1.00. The first-order valence-electron chi connectivity index (χ1n) is 5.63. The van der Waals surface area contributed by atoms with Crippen molar-refractivity contribution in [2.45, 2.75) is 50.9 Å². The third-order valence-electron chi connectivity index (χ3n) is 3.22. The van der Waals surface area contributed by atoms with Crippen LogP contribution in [0.3, 0.4) is 0 Å². The summed E-state index contributed by atoms with van der Waals surface area (Å²) in [6.07, 6.45) is 6.80. The molecule has 0 spiro atoms. The van der Waals surface area contributed by atoms with E-state index >= 15 is 0 Å². The molecule has 0 aromatic rings. The lowest BCUT2D eigenvalue weighted by Crippen LogP contribution is -2.14. The van der Waals surface area contributed by atoms with Crippen LogP contribution in [0.15, 0.2) is 0 Å². The van der Waals surface area contributed by atoms with Gasteiger partial charge in [-0.05, 0) is 38.1 Å². The Morgan fingerprint density at radius 1 is 1.38 bits per heavy atom. The summed E-state index contributed by atoms with van der Waals surface area (Å²) in [5, 5.41) is 0. The Morgan fingerprint density at radius 3 is 3.08 bits per heavy atom. The zero-order valence-electron chi connectivity index (χ0n) is 8.50. The van der Waals surface area contributed by atoms with Crippen molar-refractivity contribution in [3.63, 3.8) is 0 Å². The fourth-order valence-corrected chi connectivity index (χ4v) is 3.60. The van der Waals surface area contributed by atoms with Crippen molar-refractivity contribution >= 4 is 9.76 Å². The lowest BCUT2D eigenvalue weighted by atomic mass is 9.88. The Bertz CT molecular complexity index is 163. The summed E-state index contributed by atoms with van der Waals surface area (Å²) >= 11 is 0. The van der Waals surface area contributed by atoms with Gasteiger partial charge in [-0.1, -0.05) is 6.42 Å². The maximum Gasteiger partial charge on any atom is 0.161 e. The van der Waals surface area contributed by atoms with Gasteiger partial charge in [0.25, 0.3) is 0 Å². The van der Waals surface area contributed by atoms with Crippen molar-refractivity contribution in [3.8, 4) is 0 Å². The Hall–Kier alpha value is 0.137. The molecule has 0 radical (unpaired) electrons. The van der Waals surface area contributed by atoms with Crippen LogP contribution in [0.2, 0.25) is 6.04 Å². The molecule has 1 aliphatic carbocycles. The molecule has 0 N–H and O–H groups in total. The molecule has 1 saturated heterocycles. The molecule has 2 fully saturated rings. The fourth-order valence-electron chi connectivity index (χ4n) is 2.37. The summed E-state index contributed by atoms with van der Waals surface area (Å²) in [6.45, 7) is 3.01. The normalized spacial score (nSPS) is 38.1. The van der Waals surface area contributed by atoms with E-state index in [-0.39, 0.29) is 9.76 Å². The van der Waals surface area contributed by atoms with E-state index in [1.807, 2.05) is 0 Å². The van der Waals surface area contributed by atoms with E-state index in [4.69, 9.17) is 9.16 Å². The molecule has 0 bridgehead atoms. The lowest BCUT2D eigenvalue weighted by Gasteiger charge is -2.18. The van der Waals surface area contributed by atoms with Crippen LogP contribution in [0, 0.1) is 5.92 Å². The standard InChI is InChI=1S/C10H20O2Si/c1-2-11-13-6-5-8-3-4-9-10(7-8)12-9/h8-10H,2-7,13H2,1H3. The van der Waals surface area contributed by atoms with Gasteiger partial charge in [0.05, 0.1) is 12.2 Å². The molecule has 13 heavy (non-hydrogen) atoms. The number of hydrogen-bond donors (Lipinski definition) is 0. The second-order valence-electron chi connectivity index (χ2n) is 4.23. The SMILES string of the molecule is CCO[SiH2]CCC1CCC2OC2C1. The van der Waals surface area contributed by atoms with Crippen LogP contribution in [0.4, 0.5) is 0 Å². The van der Waals surface area contributed by atoms with Crippen molar-refractivity contribution in [2.75, 3.05) is 6.61 Å². The smallest absolute Gasteiger partial charge is 0.161 e. The number of ether oxygens (including phenoxy) is 1. The van der Waals surface area contributed by atoms with Gasteiger partial charge in [0.15, 0.2) is 9.76 Å². The number of fused-ring (bicyclic) bond motifs is 1. The second-order valence-corrected chi connectivity index (χ2v) is 5.75. The summed E-state index contributed by atoms with van der Waals surface area (Å²) in [4.78, 5) is 0. The molecular weight excluding hydrogens is 180 g/mol. The van der Waals surface area contributed by atoms with E-state index in [2.05, 4.69) is 6.92 Å². The predicted octanol–water partition coefficient (Wildman–Crippen LogP) is 1.48. The van der Waals surface area contributed by atoms with Gasteiger partial charge in [-0.3, -0.25) is 0 Å². The van der Waals surface area contributed by atoms with Crippen LogP contribution >= 0.6 is 0 Å². The molecule has 0 amide bonds. The molecule has 76 valence electrons. The molecule has 0 aromatic heterocycles. The van der Waals surface area contributed by atoms with Crippen molar-refractivity contribution in [3.05, 3.63) is 0 Å².